The molecule has 4 aromatic rings. The first-order valence-electron chi connectivity index (χ1n) is 10.0. The highest BCUT2D eigenvalue weighted by molar-refractivity contribution is 7.99. The first-order chi connectivity index (χ1) is 15.6. The van der Waals surface area contributed by atoms with Crippen LogP contribution in [0.25, 0.3) is 16.6 Å². The minimum Gasteiger partial charge on any atom is -0.497 e. The van der Waals surface area contributed by atoms with E-state index in [9.17, 15) is 14.4 Å². The lowest BCUT2D eigenvalue weighted by molar-refractivity contribution is -0.672. The monoisotopic (exact) mass is 451 g/mol. The molecule has 1 saturated carbocycles. The predicted molar refractivity (Wildman–Crippen MR) is 117 cm³/mol. The van der Waals surface area contributed by atoms with Gasteiger partial charge in [-0.1, -0.05) is 23.9 Å². The van der Waals surface area contributed by atoms with E-state index in [0.29, 0.717) is 27.5 Å². The second-order valence-electron chi connectivity index (χ2n) is 7.39. The van der Waals surface area contributed by atoms with Crippen molar-refractivity contribution in [2.45, 2.75) is 24.0 Å². The number of aromatic nitrogens is 4. The Hall–Kier alpha value is -3.66. The van der Waals surface area contributed by atoms with Crippen molar-refractivity contribution in [1.82, 2.24) is 14.8 Å². The summed E-state index contributed by atoms with van der Waals surface area (Å²) in [6.07, 6.45) is 1.81. The van der Waals surface area contributed by atoms with Crippen molar-refractivity contribution in [1.29, 1.82) is 0 Å². The molecule has 0 bridgehead atoms. The molecule has 2 heterocycles. The number of H-pyrrole nitrogens is 1. The van der Waals surface area contributed by atoms with Gasteiger partial charge in [0.1, 0.15) is 5.75 Å². The Bertz CT molecular complexity index is 1430. The van der Waals surface area contributed by atoms with E-state index in [1.54, 1.807) is 48.1 Å². The second kappa shape index (κ2) is 8.12. The van der Waals surface area contributed by atoms with Crippen LogP contribution in [0.2, 0.25) is 0 Å². The number of nitrogens with zero attached hydrogens (tertiary/aromatic N) is 3. The van der Waals surface area contributed by atoms with Gasteiger partial charge in [0.25, 0.3) is 5.56 Å². The van der Waals surface area contributed by atoms with Crippen LogP contribution in [-0.2, 0) is 0 Å². The highest BCUT2D eigenvalue weighted by Crippen LogP contribution is 2.36. The molecule has 32 heavy (non-hydrogen) atoms. The lowest BCUT2D eigenvalue weighted by Gasteiger charge is -2.11. The fourth-order valence-corrected chi connectivity index (χ4v) is 4.44. The molecular formula is C22H19N4O5S+. The molecule has 0 amide bonds. The van der Waals surface area contributed by atoms with Crippen molar-refractivity contribution in [2.75, 3.05) is 12.9 Å². The summed E-state index contributed by atoms with van der Waals surface area (Å²) in [6.45, 7) is 0. The summed E-state index contributed by atoms with van der Waals surface area (Å²) in [4.78, 5) is 42.9. The quantitative estimate of drug-likeness (QED) is 0.199. The van der Waals surface area contributed by atoms with Crippen LogP contribution >= 0.6 is 11.8 Å². The molecule has 0 saturated heterocycles. The number of hydrogen-bond acceptors (Lipinski definition) is 7. The Balaban J connectivity index is 1.45. The van der Waals surface area contributed by atoms with Gasteiger partial charge in [-0.3, -0.25) is 18.7 Å². The van der Waals surface area contributed by atoms with Crippen LogP contribution in [0.5, 0.6) is 5.75 Å². The Morgan fingerprint density at radius 2 is 1.97 bits per heavy atom. The summed E-state index contributed by atoms with van der Waals surface area (Å²) < 4.78 is 13.0. The normalized spacial score (nSPS) is 13.4. The molecule has 1 aliphatic carbocycles. The molecule has 1 fully saturated rings. The summed E-state index contributed by atoms with van der Waals surface area (Å²) >= 11 is 1.14. The highest BCUT2D eigenvalue weighted by Gasteiger charge is 2.32. The zero-order valence-corrected chi connectivity index (χ0v) is 17.9. The minimum absolute atomic E-state index is 0.0731. The predicted octanol–water partition coefficient (Wildman–Crippen LogP) is 2.27. The van der Waals surface area contributed by atoms with Gasteiger partial charge in [-0.2, -0.15) is 0 Å². The van der Waals surface area contributed by atoms with Crippen molar-refractivity contribution >= 4 is 28.4 Å². The molecule has 9 nitrogen and oxygen atoms in total. The third kappa shape index (κ3) is 3.62. The SMILES string of the molecule is COc1ccc(-[n+]2[nH]oc(=O)c2C(=O)CSc2nc3ccccc3c(=O)n2C2CC2)cc1. The van der Waals surface area contributed by atoms with E-state index in [4.69, 9.17) is 9.26 Å². The summed E-state index contributed by atoms with van der Waals surface area (Å²) in [7, 11) is 1.55. The van der Waals surface area contributed by atoms with Crippen molar-refractivity contribution in [2.24, 2.45) is 0 Å². The second-order valence-corrected chi connectivity index (χ2v) is 8.34. The van der Waals surface area contributed by atoms with E-state index in [0.717, 1.165) is 24.6 Å². The average Bonchev–Trinajstić information content (AvgIpc) is 3.58. The van der Waals surface area contributed by atoms with E-state index in [-0.39, 0.29) is 23.0 Å². The number of ketones is 1. The van der Waals surface area contributed by atoms with Crippen LogP contribution in [0.3, 0.4) is 0 Å². The number of carbonyl (C=O) groups excluding carboxylic acids is 1. The maximum Gasteiger partial charge on any atom is 0.438 e. The molecular weight excluding hydrogens is 432 g/mol. The number of methoxy groups -OCH3 is 1. The average molecular weight is 451 g/mol. The van der Waals surface area contributed by atoms with Gasteiger partial charge in [0.2, 0.25) is 11.5 Å². The van der Waals surface area contributed by atoms with Crippen LogP contribution in [0, 0.1) is 0 Å². The number of benzene rings is 2. The number of hydrogen-bond donors (Lipinski definition) is 1. The Kier molecular flexibility index (Phi) is 5.14. The number of nitrogens with one attached hydrogen (secondary N) is 1. The number of fused-ring (bicyclic) bond motifs is 1. The zero-order valence-electron chi connectivity index (χ0n) is 17.1. The van der Waals surface area contributed by atoms with E-state index in [1.165, 1.54) is 4.68 Å². The van der Waals surface area contributed by atoms with Crippen LogP contribution in [0.1, 0.15) is 29.4 Å². The number of para-hydroxylation sites is 1. The number of Topliss-reactive ketones (excluding diaryl/α,β-unsaturated/α-hetero) is 1. The molecule has 2 aromatic heterocycles. The van der Waals surface area contributed by atoms with Gasteiger partial charge in [0, 0.05) is 18.2 Å². The first kappa shape index (κ1) is 20.3. The molecule has 1 N–H and O–H groups in total. The van der Waals surface area contributed by atoms with Gasteiger partial charge in [-0.25, -0.2) is 9.78 Å². The summed E-state index contributed by atoms with van der Waals surface area (Å²) in [6, 6.07) is 14.1. The van der Waals surface area contributed by atoms with E-state index in [2.05, 4.69) is 10.3 Å². The van der Waals surface area contributed by atoms with Crippen LogP contribution in [0.15, 0.2) is 67.8 Å². The smallest absolute Gasteiger partial charge is 0.438 e. The highest BCUT2D eigenvalue weighted by atomic mass is 32.2. The van der Waals surface area contributed by atoms with E-state index in [1.807, 2.05) is 12.1 Å². The number of ether oxygens (including phenoxy) is 1. The maximum atomic E-state index is 13.0. The van der Waals surface area contributed by atoms with E-state index >= 15 is 0 Å². The maximum absolute atomic E-state index is 13.0. The van der Waals surface area contributed by atoms with Gasteiger partial charge in [0.05, 0.1) is 23.8 Å². The Morgan fingerprint density at radius 3 is 2.69 bits per heavy atom. The number of rotatable bonds is 7. The fourth-order valence-electron chi connectivity index (χ4n) is 3.50. The van der Waals surface area contributed by atoms with Crippen LogP contribution < -0.4 is 20.6 Å². The largest absolute Gasteiger partial charge is 0.497 e. The molecule has 2 aromatic carbocycles. The lowest BCUT2D eigenvalue weighted by atomic mass is 10.2. The van der Waals surface area contributed by atoms with Gasteiger partial charge in [-0.15, -0.1) is 0 Å². The van der Waals surface area contributed by atoms with Gasteiger partial charge in [-0.05, 0) is 47.1 Å². The molecule has 0 radical (unpaired) electrons. The Morgan fingerprint density at radius 1 is 1.22 bits per heavy atom. The standard InChI is InChI=1S/C22H18N4O5S/c1-30-15-10-8-14(9-11-15)26-19(21(29)31-24-26)18(27)12-32-22-23-17-5-3-2-4-16(17)20(28)25(22)13-6-7-13/h2-5,8-11,13H,6-7,12H2,1H3/p+1. The van der Waals surface area contributed by atoms with Crippen molar-refractivity contribution < 1.29 is 18.7 Å². The lowest BCUT2D eigenvalue weighted by Crippen LogP contribution is -2.41. The van der Waals surface area contributed by atoms with Crippen LogP contribution in [-0.4, -0.2) is 33.5 Å². The summed E-state index contributed by atoms with van der Waals surface area (Å²) in [5, 5.41) is 3.49. The number of aromatic amines is 1. The van der Waals surface area contributed by atoms with Crippen molar-refractivity contribution in [3.8, 4) is 11.4 Å². The molecule has 5 rings (SSSR count). The zero-order chi connectivity index (χ0) is 22.2. The molecule has 0 unspecified atom stereocenters. The van der Waals surface area contributed by atoms with Crippen molar-refractivity contribution in [3.05, 3.63) is 75.0 Å². The third-order valence-corrected chi connectivity index (χ3v) is 6.21. The Labute approximate surface area is 185 Å². The van der Waals surface area contributed by atoms with Gasteiger partial charge in [0.15, 0.2) is 5.16 Å². The third-order valence-electron chi connectivity index (χ3n) is 5.26. The molecule has 162 valence electrons. The summed E-state index contributed by atoms with van der Waals surface area (Å²) in [5.74, 6) is 0.130. The fraction of sp³-hybridized carbons (Fsp3) is 0.227. The number of carbonyl (C=O) groups is 1. The first-order valence-corrected chi connectivity index (χ1v) is 11.0. The molecule has 10 heteroatoms. The van der Waals surface area contributed by atoms with Crippen molar-refractivity contribution in [3.63, 3.8) is 0 Å². The van der Waals surface area contributed by atoms with Crippen LogP contribution in [0.4, 0.5) is 0 Å². The summed E-state index contributed by atoms with van der Waals surface area (Å²) in [5.41, 5.74) is 0.117. The molecule has 0 spiro atoms. The van der Waals surface area contributed by atoms with E-state index < -0.39 is 11.4 Å². The molecule has 1 aliphatic rings. The van der Waals surface area contributed by atoms with Gasteiger partial charge < -0.3 is 4.74 Å². The van der Waals surface area contributed by atoms with Gasteiger partial charge >= 0.3 is 11.3 Å². The number of thioether (sulfide) groups is 1. The molecule has 0 atom stereocenters. The molecule has 0 aliphatic heterocycles. The topological polar surface area (TPSA) is 111 Å². The minimum atomic E-state index is -0.766.